The van der Waals surface area contributed by atoms with Crippen LogP contribution in [0.3, 0.4) is 0 Å². The van der Waals surface area contributed by atoms with Crippen molar-refractivity contribution in [3.63, 3.8) is 0 Å². The fraction of sp³-hybridized carbons (Fsp3) is 0.714. The van der Waals surface area contributed by atoms with Crippen molar-refractivity contribution in [1.29, 1.82) is 5.26 Å². The van der Waals surface area contributed by atoms with E-state index in [0.717, 1.165) is 0 Å². The molecule has 62 valence electrons. The molecule has 4 nitrogen and oxygen atoms in total. The summed E-state index contributed by atoms with van der Waals surface area (Å²) in [6.07, 6.45) is 0.370. The first-order valence-corrected chi connectivity index (χ1v) is 3.52. The molecule has 11 heavy (non-hydrogen) atoms. The number of carbonyl (C=O) groups excluding carboxylic acids is 1. The van der Waals surface area contributed by atoms with E-state index in [4.69, 9.17) is 11.0 Å². The van der Waals surface area contributed by atoms with Crippen LogP contribution in [0.1, 0.15) is 13.3 Å². The number of nitriles is 1. The van der Waals surface area contributed by atoms with Crippen molar-refractivity contribution in [2.24, 2.45) is 11.7 Å². The number of carbonyl (C=O) groups is 1. The first-order chi connectivity index (χ1) is 5.26. The molecule has 0 radical (unpaired) electrons. The molecule has 0 heterocycles. The van der Waals surface area contributed by atoms with Crippen LogP contribution in [0.4, 0.5) is 0 Å². The molecule has 0 fully saturated rings. The third kappa shape index (κ3) is 3.58. The Morgan fingerprint density at radius 2 is 2.45 bits per heavy atom. The maximum Gasteiger partial charge on any atom is 0.323 e. The van der Waals surface area contributed by atoms with Crippen molar-refractivity contribution in [1.82, 2.24) is 0 Å². The second kappa shape index (κ2) is 5.69. The number of nitrogens with two attached hydrogens (primary N) is 1. The molecule has 0 saturated carbocycles. The van der Waals surface area contributed by atoms with Crippen LogP contribution >= 0.6 is 0 Å². The van der Waals surface area contributed by atoms with Crippen LogP contribution in [0.25, 0.3) is 0 Å². The number of ether oxygens (including phenoxy) is 1. The van der Waals surface area contributed by atoms with Crippen molar-refractivity contribution in [2.75, 3.05) is 13.2 Å². The Morgan fingerprint density at radius 1 is 1.82 bits per heavy atom. The van der Waals surface area contributed by atoms with Crippen molar-refractivity contribution in [2.45, 2.75) is 13.3 Å². The summed E-state index contributed by atoms with van der Waals surface area (Å²) in [6, 6.07) is 1.83. The zero-order valence-electron chi connectivity index (χ0n) is 6.54. The number of esters is 1. The summed E-state index contributed by atoms with van der Waals surface area (Å²) in [5.74, 6) is -1.17. The molecule has 0 aromatic carbocycles. The Morgan fingerprint density at radius 3 is 2.82 bits per heavy atom. The minimum atomic E-state index is -0.694. The Hall–Kier alpha value is -1.08. The molecule has 0 amide bonds. The van der Waals surface area contributed by atoms with Crippen molar-refractivity contribution in [3.8, 4) is 6.07 Å². The lowest BCUT2D eigenvalue weighted by Gasteiger charge is -2.05. The van der Waals surface area contributed by atoms with Crippen molar-refractivity contribution in [3.05, 3.63) is 0 Å². The van der Waals surface area contributed by atoms with E-state index < -0.39 is 11.9 Å². The van der Waals surface area contributed by atoms with Gasteiger partial charge in [0.25, 0.3) is 0 Å². The van der Waals surface area contributed by atoms with Gasteiger partial charge in [-0.2, -0.15) is 5.26 Å². The molecule has 1 unspecified atom stereocenters. The lowest BCUT2D eigenvalue weighted by atomic mass is 10.1. The van der Waals surface area contributed by atoms with Crippen LogP contribution in [0.5, 0.6) is 0 Å². The summed E-state index contributed by atoms with van der Waals surface area (Å²) in [4.78, 5) is 10.9. The third-order valence-electron chi connectivity index (χ3n) is 1.18. The summed E-state index contributed by atoms with van der Waals surface area (Å²) in [7, 11) is 0. The van der Waals surface area contributed by atoms with Gasteiger partial charge in [-0.1, -0.05) is 0 Å². The summed E-state index contributed by atoms with van der Waals surface area (Å²) >= 11 is 0. The van der Waals surface area contributed by atoms with Crippen LogP contribution in [-0.4, -0.2) is 19.1 Å². The number of hydrogen-bond donors (Lipinski definition) is 1. The molecule has 0 aliphatic heterocycles. The van der Waals surface area contributed by atoms with Gasteiger partial charge in [-0.3, -0.25) is 4.79 Å². The van der Waals surface area contributed by atoms with E-state index in [1.807, 2.05) is 6.07 Å². The highest BCUT2D eigenvalue weighted by atomic mass is 16.5. The highest BCUT2D eigenvalue weighted by molar-refractivity contribution is 5.75. The van der Waals surface area contributed by atoms with Crippen LogP contribution in [0, 0.1) is 17.2 Å². The molecule has 0 aliphatic rings. The SMILES string of the molecule is CCOC(=O)C(C#N)CCN. The van der Waals surface area contributed by atoms with Gasteiger partial charge in [0.2, 0.25) is 0 Å². The van der Waals surface area contributed by atoms with Crippen LogP contribution in [-0.2, 0) is 9.53 Å². The topological polar surface area (TPSA) is 76.1 Å². The first-order valence-electron chi connectivity index (χ1n) is 3.52. The molecule has 4 heteroatoms. The standard InChI is InChI=1S/C7H12N2O2/c1-2-11-7(10)6(5-9)3-4-8/h6H,2-4,8H2,1H3. The zero-order chi connectivity index (χ0) is 8.69. The maximum absolute atomic E-state index is 10.9. The summed E-state index contributed by atoms with van der Waals surface area (Å²) in [5, 5.41) is 8.45. The summed E-state index contributed by atoms with van der Waals surface area (Å²) in [6.45, 7) is 2.34. The fourth-order valence-corrected chi connectivity index (χ4v) is 0.645. The average Bonchev–Trinajstić information content (AvgIpc) is 2.00. The third-order valence-corrected chi connectivity index (χ3v) is 1.18. The molecular formula is C7H12N2O2. The molecule has 0 spiro atoms. The molecule has 0 aliphatic carbocycles. The van der Waals surface area contributed by atoms with Crippen molar-refractivity contribution >= 4 is 5.97 Å². The lowest BCUT2D eigenvalue weighted by Crippen LogP contribution is -2.19. The average molecular weight is 156 g/mol. The van der Waals surface area contributed by atoms with E-state index in [-0.39, 0.29) is 0 Å². The Bertz CT molecular complexity index is 162. The predicted octanol–water partition coefficient (Wildman–Crippen LogP) is 0.0381. The second-order valence-corrected chi connectivity index (χ2v) is 2.01. The summed E-state index contributed by atoms with van der Waals surface area (Å²) < 4.78 is 4.63. The van der Waals surface area contributed by atoms with E-state index in [0.29, 0.717) is 19.6 Å². The molecule has 0 saturated heterocycles. The normalized spacial score (nSPS) is 11.7. The predicted molar refractivity (Wildman–Crippen MR) is 39.4 cm³/mol. The van der Waals surface area contributed by atoms with Gasteiger partial charge in [-0.25, -0.2) is 0 Å². The fourth-order valence-electron chi connectivity index (χ4n) is 0.645. The van der Waals surface area contributed by atoms with Crippen molar-refractivity contribution < 1.29 is 9.53 Å². The molecule has 0 bridgehead atoms. The maximum atomic E-state index is 10.9. The largest absolute Gasteiger partial charge is 0.465 e. The number of nitrogens with zero attached hydrogens (tertiary/aromatic N) is 1. The zero-order valence-corrected chi connectivity index (χ0v) is 6.54. The van der Waals surface area contributed by atoms with E-state index in [1.165, 1.54) is 0 Å². The molecule has 0 rings (SSSR count). The molecular weight excluding hydrogens is 144 g/mol. The first kappa shape index (κ1) is 9.92. The minimum Gasteiger partial charge on any atom is -0.465 e. The Balaban J connectivity index is 3.84. The number of rotatable bonds is 4. The molecule has 1 atom stereocenters. The van der Waals surface area contributed by atoms with Gasteiger partial charge < -0.3 is 10.5 Å². The lowest BCUT2D eigenvalue weighted by molar-refractivity contribution is -0.146. The smallest absolute Gasteiger partial charge is 0.323 e. The van der Waals surface area contributed by atoms with Gasteiger partial charge in [-0.15, -0.1) is 0 Å². The Kier molecular flexibility index (Phi) is 5.13. The molecule has 0 aromatic rings. The van der Waals surface area contributed by atoms with Crippen LogP contribution < -0.4 is 5.73 Å². The highest BCUT2D eigenvalue weighted by Gasteiger charge is 2.17. The van der Waals surface area contributed by atoms with E-state index in [9.17, 15) is 4.79 Å². The van der Waals surface area contributed by atoms with Gasteiger partial charge >= 0.3 is 5.97 Å². The van der Waals surface area contributed by atoms with Crippen LogP contribution in [0.2, 0.25) is 0 Å². The van der Waals surface area contributed by atoms with Gasteiger partial charge in [0.05, 0.1) is 12.7 Å². The quantitative estimate of drug-likeness (QED) is 0.583. The van der Waals surface area contributed by atoms with Gasteiger partial charge in [0.1, 0.15) is 5.92 Å². The van der Waals surface area contributed by atoms with Gasteiger partial charge in [0.15, 0.2) is 0 Å². The van der Waals surface area contributed by atoms with Gasteiger partial charge in [0, 0.05) is 0 Å². The molecule has 0 aromatic heterocycles. The van der Waals surface area contributed by atoms with E-state index >= 15 is 0 Å². The molecule has 2 N–H and O–H groups in total. The Labute approximate surface area is 65.9 Å². The summed E-state index contributed by atoms with van der Waals surface area (Å²) in [5.41, 5.74) is 5.18. The van der Waals surface area contributed by atoms with E-state index in [1.54, 1.807) is 6.92 Å². The van der Waals surface area contributed by atoms with E-state index in [2.05, 4.69) is 4.74 Å². The van der Waals surface area contributed by atoms with Gasteiger partial charge in [-0.05, 0) is 19.9 Å². The monoisotopic (exact) mass is 156 g/mol. The van der Waals surface area contributed by atoms with Crippen LogP contribution in [0.15, 0.2) is 0 Å². The minimum absolute atomic E-state index is 0.307. The highest BCUT2D eigenvalue weighted by Crippen LogP contribution is 2.02. The second-order valence-electron chi connectivity index (χ2n) is 2.01. The number of hydrogen-bond acceptors (Lipinski definition) is 4.